The minimum absolute atomic E-state index is 0.106. The average Bonchev–Trinajstić information content (AvgIpc) is 2.94. The zero-order valence-electron chi connectivity index (χ0n) is 10.2. The van der Waals surface area contributed by atoms with Gasteiger partial charge in [0.25, 0.3) is 0 Å². The molecule has 3 heterocycles. The molecular formula is C13H15N3O2. The molecule has 0 aromatic carbocycles. The number of carbonyl (C=O) groups excluding carboxylic acids is 1. The quantitative estimate of drug-likeness (QED) is 0.879. The van der Waals surface area contributed by atoms with E-state index in [0.717, 1.165) is 30.5 Å². The van der Waals surface area contributed by atoms with Gasteiger partial charge in [-0.3, -0.25) is 4.79 Å². The van der Waals surface area contributed by atoms with Crippen LogP contribution in [0.1, 0.15) is 19.4 Å². The summed E-state index contributed by atoms with van der Waals surface area (Å²) in [5.41, 5.74) is 1.08. The maximum Gasteiger partial charge on any atom is 0.222 e. The highest BCUT2D eigenvalue weighted by Gasteiger charge is 2.18. The summed E-state index contributed by atoms with van der Waals surface area (Å²) in [5, 5.41) is 3.78. The van der Waals surface area contributed by atoms with Crippen molar-refractivity contribution in [3.8, 4) is 0 Å². The van der Waals surface area contributed by atoms with Crippen molar-refractivity contribution >= 4 is 22.6 Å². The SMILES string of the molecule is CC(=O)Nc1cc2ccn(C3CCOC3)c2cn1. The molecule has 2 aromatic rings. The molecule has 5 nitrogen and oxygen atoms in total. The van der Waals surface area contributed by atoms with E-state index < -0.39 is 0 Å². The minimum Gasteiger partial charge on any atom is -0.379 e. The summed E-state index contributed by atoms with van der Waals surface area (Å²) in [6, 6.07) is 4.33. The third-order valence-corrected chi connectivity index (χ3v) is 3.21. The van der Waals surface area contributed by atoms with Crippen molar-refractivity contribution in [2.75, 3.05) is 18.5 Å². The van der Waals surface area contributed by atoms with Crippen LogP contribution in [0.25, 0.3) is 10.9 Å². The molecule has 3 rings (SSSR count). The van der Waals surface area contributed by atoms with Crippen LogP contribution in [0.5, 0.6) is 0 Å². The highest BCUT2D eigenvalue weighted by atomic mass is 16.5. The van der Waals surface area contributed by atoms with Crippen molar-refractivity contribution in [1.82, 2.24) is 9.55 Å². The molecule has 0 saturated carbocycles. The van der Waals surface area contributed by atoms with E-state index in [9.17, 15) is 4.79 Å². The number of hydrogen-bond acceptors (Lipinski definition) is 3. The van der Waals surface area contributed by atoms with Crippen molar-refractivity contribution in [1.29, 1.82) is 0 Å². The first-order valence-corrected chi connectivity index (χ1v) is 6.06. The summed E-state index contributed by atoms with van der Waals surface area (Å²) < 4.78 is 7.61. The van der Waals surface area contributed by atoms with Gasteiger partial charge < -0.3 is 14.6 Å². The number of carbonyl (C=O) groups is 1. The molecule has 1 saturated heterocycles. The van der Waals surface area contributed by atoms with E-state index >= 15 is 0 Å². The summed E-state index contributed by atoms with van der Waals surface area (Å²) in [6.45, 7) is 3.06. The normalized spacial score (nSPS) is 19.3. The first-order chi connectivity index (χ1) is 8.74. The zero-order chi connectivity index (χ0) is 12.5. The second-order valence-electron chi connectivity index (χ2n) is 4.55. The van der Waals surface area contributed by atoms with Gasteiger partial charge in [-0.1, -0.05) is 0 Å². The Kier molecular flexibility index (Phi) is 2.76. The van der Waals surface area contributed by atoms with Crippen molar-refractivity contribution in [2.24, 2.45) is 0 Å². The average molecular weight is 245 g/mol. The van der Waals surface area contributed by atoms with Crippen LogP contribution in [0.4, 0.5) is 5.82 Å². The largest absolute Gasteiger partial charge is 0.379 e. The topological polar surface area (TPSA) is 56.2 Å². The molecule has 1 N–H and O–H groups in total. The molecule has 1 atom stereocenters. The van der Waals surface area contributed by atoms with E-state index in [1.807, 2.05) is 12.1 Å². The number of nitrogens with one attached hydrogen (secondary N) is 1. The Morgan fingerprint density at radius 2 is 2.50 bits per heavy atom. The number of fused-ring (bicyclic) bond motifs is 1. The maximum absolute atomic E-state index is 11.0. The molecule has 1 aliphatic rings. The first kappa shape index (κ1) is 11.2. The molecule has 1 amide bonds. The Morgan fingerprint density at radius 1 is 1.61 bits per heavy atom. The smallest absolute Gasteiger partial charge is 0.222 e. The van der Waals surface area contributed by atoms with E-state index in [2.05, 4.69) is 21.1 Å². The number of pyridine rings is 1. The third-order valence-electron chi connectivity index (χ3n) is 3.21. The molecular weight excluding hydrogens is 230 g/mol. The van der Waals surface area contributed by atoms with Gasteiger partial charge in [0, 0.05) is 25.1 Å². The van der Waals surface area contributed by atoms with Crippen molar-refractivity contribution < 1.29 is 9.53 Å². The number of rotatable bonds is 2. The number of ether oxygens (including phenoxy) is 1. The molecule has 94 valence electrons. The molecule has 1 aliphatic heterocycles. The fraction of sp³-hybridized carbons (Fsp3) is 0.385. The van der Waals surface area contributed by atoms with E-state index in [0.29, 0.717) is 11.9 Å². The summed E-state index contributed by atoms with van der Waals surface area (Å²) in [4.78, 5) is 15.2. The lowest BCUT2D eigenvalue weighted by atomic mass is 10.2. The molecule has 18 heavy (non-hydrogen) atoms. The first-order valence-electron chi connectivity index (χ1n) is 6.06. The molecule has 2 aromatic heterocycles. The molecule has 0 aliphatic carbocycles. The zero-order valence-corrected chi connectivity index (χ0v) is 10.2. The fourth-order valence-corrected chi connectivity index (χ4v) is 2.36. The highest BCUT2D eigenvalue weighted by Crippen LogP contribution is 2.26. The van der Waals surface area contributed by atoms with Gasteiger partial charge in [-0.2, -0.15) is 0 Å². The fourth-order valence-electron chi connectivity index (χ4n) is 2.36. The predicted molar refractivity (Wildman–Crippen MR) is 68.5 cm³/mol. The van der Waals surface area contributed by atoms with E-state index in [-0.39, 0.29) is 5.91 Å². The van der Waals surface area contributed by atoms with Crippen molar-refractivity contribution in [3.05, 3.63) is 24.5 Å². The number of aromatic nitrogens is 2. The van der Waals surface area contributed by atoms with Crippen LogP contribution in [0, 0.1) is 0 Å². The predicted octanol–water partition coefficient (Wildman–Crippen LogP) is 1.96. The standard InChI is InChI=1S/C13H15N3O2/c1-9(17)15-13-6-10-2-4-16(12(10)7-14-13)11-3-5-18-8-11/h2,4,6-7,11H,3,5,8H2,1H3,(H,14,15,17). The van der Waals surface area contributed by atoms with Crippen LogP contribution in [-0.4, -0.2) is 28.7 Å². The van der Waals surface area contributed by atoms with Crippen LogP contribution < -0.4 is 5.32 Å². The second-order valence-corrected chi connectivity index (χ2v) is 4.55. The molecule has 5 heteroatoms. The third kappa shape index (κ3) is 1.97. The molecule has 1 unspecified atom stereocenters. The molecule has 0 radical (unpaired) electrons. The highest BCUT2D eigenvalue weighted by molar-refractivity contribution is 5.90. The van der Waals surface area contributed by atoms with E-state index in [1.54, 1.807) is 6.20 Å². The second kappa shape index (κ2) is 4.42. The van der Waals surface area contributed by atoms with Crippen LogP contribution in [-0.2, 0) is 9.53 Å². The van der Waals surface area contributed by atoms with Crippen LogP contribution in [0.3, 0.4) is 0 Å². The van der Waals surface area contributed by atoms with Crippen LogP contribution in [0.2, 0.25) is 0 Å². The van der Waals surface area contributed by atoms with E-state index in [4.69, 9.17) is 4.74 Å². The number of amides is 1. The van der Waals surface area contributed by atoms with Gasteiger partial charge in [-0.25, -0.2) is 4.98 Å². The number of nitrogens with zero attached hydrogens (tertiary/aromatic N) is 2. The van der Waals surface area contributed by atoms with Crippen LogP contribution >= 0.6 is 0 Å². The summed E-state index contributed by atoms with van der Waals surface area (Å²) in [6.07, 6.45) is 4.90. The molecule has 0 bridgehead atoms. The van der Waals surface area contributed by atoms with Gasteiger partial charge in [0.15, 0.2) is 0 Å². The van der Waals surface area contributed by atoms with Crippen molar-refractivity contribution in [2.45, 2.75) is 19.4 Å². The minimum atomic E-state index is -0.106. The Labute approximate surface area is 105 Å². The summed E-state index contributed by atoms with van der Waals surface area (Å²) >= 11 is 0. The van der Waals surface area contributed by atoms with Gasteiger partial charge in [0.05, 0.1) is 24.4 Å². The molecule has 1 fully saturated rings. The lowest BCUT2D eigenvalue weighted by Crippen LogP contribution is -2.08. The Morgan fingerprint density at radius 3 is 3.22 bits per heavy atom. The summed E-state index contributed by atoms with van der Waals surface area (Å²) in [7, 11) is 0. The number of hydrogen-bond donors (Lipinski definition) is 1. The summed E-state index contributed by atoms with van der Waals surface area (Å²) in [5.74, 6) is 0.487. The maximum atomic E-state index is 11.0. The lowest BCUT2D eigenvalue weighted by molar-refractivity contribution is -0.114. The van der Waals surface area contributed by atoms with Gasteiger partial charge in [0.2, 0.25) is 5.91 Å². The van der Waals surface area contributed by atoms with E-state index in [1.165, 1.54) is 6.92 Å². The molecule has 0 spiro atoms. The Bertz CT molecular complexity index is 585. The van der Waals surface area contributed by atoms with Gasteiger partial charge in [-0.15, -0.1) is 0 Å². The van der Waals surface area contributed by atoms with Gasteiger partial charge >= 0.3 is 0 Å². The van der Waals surface area contributed by atoms with Crippen LogP contribution in [0.15, 0.2) is 24.5 Å². The Balaban J connectivity index is 1.96. The monoisotopic (exact) mass is 245 g/mol. The van der Waals surface area contributed by atoms with Crippen molar-refractivity contribution in [3.63, 3.8) is 0 Å². The van der Waals surface area contributed by atoms with Gasteiger partial charge in [0.1, 0.15) is 5.82 Å². The number of anilines is 1. The van der Waals surface area contributed by atoms with Gasteiger partial charge in [-0.05, 0) is 18.6 Å². The lowest BCUT2D eigenvalue weighted by Gasteiger charge is -2.11. The Hall–Kier alpha value is -1.88.